The van der Waals surface area contributed by atoms with Crippen molar-refractivity contribution >= 4 is 6.09 Å². The number of hydrogen-bond donors (Lipinski definition) is 1. The first-order valence-electron chi connectivity index (χ1n) is 9.24. The number of ether oxygens (including phenoxy) is 2. The quantitative estimate of drug-likeness (QED) is 0.631. The zero-order valence-corrected chi connectivity index (χ0v) is 16.9. The van der Waals surface area contributed by atoms with Gasteiger partial charge in [-0.05, 0) is 48.4 Å². The van der Waals surface area contributed by atoms with E-state index in [1.54, 1.807) is 31.4 Å². The van der Waals surface area contributed by atoms with Crippen molar-refractivity contribution in [2.75, 3.05) is 13.7 Å². The van der Waals surface area contributed by atoms with E-state index in [4.69, 9.17) is 9.47 Å². The van der Waals surface area contributed by atoms with Crippen molar-refractivity contribution in [3.05, 3.63) is 95.6 Å². The number of methoxy groups -OCH3 is 1. The summed E-state index contributed by atoms with van der Waals surface area (Å²) in [4.78, 5) is 15.4. The van der Waals surface area contributed by atoms with Gasteiger partial charge in [0.2, 0.25) is 0 Å². The van der Waals surface area contributed by atoms with E-state index >= 15 is 0 Å². The Morgan fingerprint density at radius 2 is 1.81 bits per heavy atom. The van der Waals surface area contributed by atoms with E-state index in [0.717, 1.165) is 5.75 Å². The molecule has 1 atom stereocenters. The minimum atomic E-state index is -0.446. The molecule has 2 heterocycles. The van der Waals surface area contributed by atoms with Crippen molar-refractivity contribution in [1.29, 1.82) is 0 Å². The predicted octanol–water partition coefficient (Wildman–Crippen LogP) is 4.35. The number of nitrogens with zero attached hydrogens (tertiary/aromatic N) is 1. The van der Waals surface area contributed by atoms with Crippen molar-refractivity contribution in [1.82, 2.24) is 10.3 Å². The lowest BCUT2D eigenvalue weighted by Crippen LogP contribution is -2.19. The molecule has 0 bridgehead atoms. The molecule has 6 heteroatoms. The van der Waals surface area contributed by atoms with Gasteiger partial charge in [-0.2, -0.15) is 0 Å². The first kappa shape index (κ1) is 23.0. The van der Waals surface area contributed by atoms with Crippen LogP contribution < -0.4 is 10.1 Å². The molecule has 5 nitrogen and oxygen atoms in total. The summed E-state index contributed by atoms with van der Waals surface area (Å²) in [7, 11) is 1.66. The molecule has 0 radical (unpaired) electrons. The minimum Gasteiger partial charge on any atom is -0.497 e. The molecule has 1 aliphatic rings. The maximum atomic E-state index is 13.1. The van der Waals surface area contributed by atoms with Gasteiger partial charge < -0.3 is 14.8 Å². The van der Waals surface area contributed by atoms with Crippen molar-refractivity contribution in [3.8, 4) is 30.4 Å². The zero-order valence-electron chi connectivity index (χ0n) is 16.9. The second kappa shape index (κ2) is 12.3. The average Bonchev–Trinajstić information content (AvgIpc) is 3.27. The van der Waals surface area contributed by atoms with Crippen LogP contribution in [0, 0.1) is 30.5 Å². The number of terminal acetylenes is 1. The Kier molecular flexibility index (Phi) is 9.13. The fourth-order valence-electron chi connectivity index (χ4n) is 2.52. The number of carbonyl (C=O) groups is 1. The number of nitrogens with one attached hydrogen (secondary N) is 1. The molecular weight excluding hydrogens is 395 g/mol. The van der Waals surface area contributed by atoms with E-state index in [1.165, 1.54) is 12.1 Å². The van der Waals surface area contributed by atoms with Crippen LogP contribution in [0.3, 0.4) is 0 Å². The van der Waals surface area contributed by atoms with E-state index in [-0.39, 0.29) is 18.5 Å². The molecule has 1 N–H and O–H groups in total. The van der Waals surface area contributed by atoms with Crippen molar-refractivity contribution < 1.29 is 18.7 Å². The second-order valence-electron chi connectivity index (χ2n) is 6.02. The third kappa shape index (κ3) is 7.56. The second-order valence-corrected chi connectivity index (χ2v) is 6.02. The summed E-state index contributed by atoms with van der Waals surface area (Å²) in [5.74, 6) is 6.32. The summed E-state index contributed by atoms with van der Waals surface area (Å²) in [6, 6.07) is 20.9. The number of aromatic nitrogens is 1. The molecule has 2 aromatic carbocycles. The third-order valence-corrected chi connectivity index (χ3v) is 3.94. The van der Waals surface area contributed by atoms with E-state index in [0.29, 0.717) is 17.0 Å². The first-order valence-corrected chi connectivity index (χ1v) is 9.24. The summed E-state index contributed by atoms with van der Waals surface area (Å²) in [6.45, 7) is 0.257. The number of halogens is 1. The Labute approximate surface area is 181 Å². The zero-order chi connectivity index (χ0) is 22.5. The molecule has 0 unspecified atom stereocenters. The van der Waals surface area contributed by atoms with Crippen LogP contribution in [-0.4, -0.2) is 24.8 Å². The van der Waals surface area contributed by atoms with Gasteiger partial charge in [-0.25, -0.2) is 14.2 Å². The number of rotatable bonds is 2. The summed E-state index contributed by atoms with van der Waals surface area (Å²) < 4.78 is 22.8. The minimum absolute atomic E-state index is 0.256. The van der Waals surface area contributed by atoms with Crippen LogP contribution in [0.15, 0.2) is 72.8 Å². The van der Waals surface area contributed by atoms with Crippen LogP contribution in [-0.2, 0) is 4.74 Å². The van der Waals surface area contributed by atoms with Crippen LogP contribution in [0.2, 0.25) is 0 Å². The molecule has 1 fully saturated rings. The highest BCUT2D eigenvalue weighted by molar-refractivity contribution is 5.69. The maximum Gasteiger partial charge on any atom is 0.407 e. The molecule has 0 aliphatic carbocycles. The van der Waals surface area contributed by atoms with E-state index < -0.39 is 6.09 Å². The molecular formula is C25H21FN2O3. The Morgan fingerprint density at radius 3 is 2.42 bits per heavy atom. The smallest absolute Gasteiger partial charge is 0.407 e. The summed E-state index contributed by atoms with van der Waals surface area (Å²) in [5.41, 5.74) is 1.82. The number of benzene rings is 2. The highest BCUT2D eigenvalue weighted by atomic mass is 19.1. The molecule has 1 saturated heterocycles. The highest BCUT2D eigenvalue weighted by Crippen LogP contribution is 2.16. The van der Waals surface area contributed by atoms with E-state index in [9.17, 15) is 9.18 Å². The number of pyridine rings is 1. The number of hydrogen-bond acceptors (Lipinski definition) is 4. The number of carbonyl (C=O) groups excluding carboxylic acids is 1. The van der Waals surface area contributed by atoms with Gasteiger partial charge >= 0.3 is 6.09 Å². The van der Waals surface area contributed by atoms with Crippen molar-refractivity contribution in [2.24, 2.45) is 0 Å². The standard InChI is InChI=1S/C16H11FN2O2.C7H8O.C2H2/c17-12-4-1-3-11(9-12)7-8-13-5-2-6-14(18-13)15-10-21-16(20)19-15;1-8-7-5-3-2-4-6-7;1-2/h1-6,9,15H,10H2,(H,19,20);2-6H,1H3;1-2H/t15-;;/m0../s1. The van der Waals surface area contributed by atoms with E-state index in [2.05, 4.69) is 35.0 Å². The fourth-order valence-corrected chi connectivity index (χ4v) is 2.52. The predicted molar refractivity (Wildman–Crippen MR) is 117 cm³/mol. The number of para-hydroxylation sites is 1. The average molecular weight is 416 g/mol. The topological polar surface area (TPSA) is 60.5 Å². The van der Waals surface area contributed by atoms with Crippen molar-refractivity contribution in [2.45, 2.75) is 6.04 Å². The Morgan fingerprint density at radius 1 is 1.06 bits per heavy atom. The molecule has 0 saturated carbocycles. The molecule has 0 spiro atoms. The number of alkyl carbamates (subject to hydrolysis) is 1. The van der Waals surface area contributed by atoms with Gasteiger partial charge in [-0.3, -0.25) is 0 Å². The van der Waals surface area contributed by atoms with Crippen LogP contribution in [0.1, 0.15) is 23.0 Å². The highest BCUT2D eigenvalue weighted by Gasteiger charge is 2.24. The number of amides is 1. The SMILES string of the molecule is C#C.COc1ccccc1.O=C1N[C@H](c2cccc(C#Cc3cccc(F)c3)n2)CO1. The summed E-state index contributed by atoms with van der Waals surface area (Å²) in [6.07, 6.45) is 7.55. The van der Waals surface area contributed by atoms with Gasteiger partial charge in [-0.15, -0.1) is 12.8 Å². The lowest BCUT2D eigenvalue weighted by molar-refractivity contribution is 0.177. The summed E-state index contributed by atoms with van der Waals surface area (Å²) >= 11 is 0. The molecule has 31 heavy (non-hydrogen) atoms. The molecule has 3 aromatic rings. The molecule has 4 rings (SSSR count). The lowest BCUT2D eigenvalue weighted by atomic mass is 10.2. The maximum absolute atomic E-state index is 13.1. The Bertz CT molecular complexity index is 1070. The van der Waals surface area contributed by atoms with Crippen LogP contribution in [0.5, 0.6) is 5.75 Å². The van der Waals surface area contributed by atoms with E-state index in [1.807, 2.05) is 36.4 Å². The van der Waals surface area contributed by atoms with Crippen LogP contribution in [0.4, 0.5) is 9.18 Å². The van der Waals surface area contributed by atoms with Crippen molar-refractivity contribution in [3.63, 3.8) is 0 Å². The van der Waals surface area contributed by atoms with Gasteiger partial charge in [0.25, 0.3) is 0 Å². The Balaban J connectivity index is 0.000000286. The molecule has 1 aliphatic heterocycles. The van der Waals surface area contributed by atoms with Crippen LogP contribution in [0.25, 0.3) is 0 Å². The van der Waals surface area contributed by atoms with Gasteiger partial charge in [-0.1, -0.05) is 36.3 Å². The summed E-state index contributed by atoms with van der Waals surface area (Å²) in [5, 5.41) is 2.66. The molecule has 1 aromatic heterocycles. The Hall–Kier alpha value is -4.29. The fraction of sp³-hybridized carbons (Fsp3) is 0.120. The molecule has 1 amide bonds. The monoisotopic (exact) mass is 416 g/mol. The van der Waals surface area contributed by atoms with Crippen LogP contribution >= 0.6 is 0 Å². The third-order valence-electron chi connectivity index (χ3n) is 3.94. The lowest BCUT2D eigenvalue weighted by Gasteiger charge is -2.06. The first-order chi connectivity index (χ1) is 15.1. The number of cyclic esters (lactones) is 1. The van der Waals surface area contributed by atoms with Gasteiger partial charge in [0.1, 0.15) is 29.9 Å². The van der Waals surface area contributed by atoms with Gasteiger partial charge in [0.15, 0.2) is 0 Å². The van der Waals surface area contributed by atoms with Gasteiger partial charge in [0, 0.05) is 5.56 Å². The largest absolute Gasteiger partial charge is 0.497 e. The normalized spacial score (nSPS) is 13.5. The molecule has 156 valence electrons. The van der Waals surface area contributed by atoms with Gasteiger partial charge in [0.05, 0.1) is 12.8 Å².